The quantitative estimate of drug-likeness (QED) is 0.533. The second-order valence-corrected chi connectivity index (χ2v) is 8.66. The van der Waals surface area contributed by atoms with Crippen molar-refractivity contribution < 1.29 is 9.59 Å². The number of thiophene rings is 1. The van der Waals surface area contributed by atoms with E-state index in [2.05, 4.69) is 15.3 Å². The molecule has 2 heterocycles. The third-order valence-corrected chi connectivity index (χ3v) is 6.35. The first-order chi connectivity index (χ1) is 12.3. The van der Waals surface area contributed by atoms with Gasteiger partial charge in [0.1, 0.15) is 5.00 Å². The number of H-pyrrole nitrogens is 1. The maximum absolute atomic E-state index is 12.6. The SMILES string of the molecule is Cc1cc(=O)[nH]c(SC(C)C(=O)Nc2sc3c(c2C(N)=O)CCCC3)n1. The number of hydrogen-bond donors (Lipinski definition) is 3. The van der Waals surface area contributed by atoms with E-state index in [-0.39, 0.29) is 11.5 Å². The summed E-state index contributed by atoms with van der Waals surface area (Å²) in [6.07, 6.45) is 3.83. The van der Waals surface area contributed by atoms with E-state index in [0.717, 1.165) is 47.9 Å². The Hall–Kier alpha value is -2.13. The van der Waals surface area contributed by atoms with E-state index in [0.29, 0.717) is 21.4 Å². The van der Waals surface area contributed by atoms with Crippen LogP contribution in [0.3, 0.4) is 0 Å². The van der Waals surface area contributed by atoms with Gasteiger partial charge in [-0.15, -0.1) is 11.3 Å². The summed E-state index contributed by atoms with van der Waals surface area (Å²) in [5.74, 6) is -0.773. The fourth-order valence-electron chi connectivity index (χ4n) is 2.96. The molecule has 2 amide bonds. The normalized spacial score (nSPS) is 14.5. The van der Waals surface area contributed by atoms with Gasteiger partial charge in [0.15, 0.2) is 5.16 Å². The molecule has 0 fully saturated rings. The Kier molecular flexibility index (Phi) is 5.47. The van der Waals surface area contributed by atoms with Gasteiger partial charge in [-0.3, -0.25) is 14.4 Å². The number of anilines is 1. The number of nitrogens with one attached hydrogen (secondary N) is 2. The predicted octanol–water partition coefficient (Wildman–Crippen LogP) is 2.24. The number of aromatic amines is 1. The number of nitrogens with two attached hydrogens (primary N) is 1. The average molecular weight is 393 g/mol. The van der Waals surface area contributed by atoms with Gasteiger partial charge in [0, 0.05) is 16.6 Å². The van der Waals surface area contributed by atoms with Gasteiger partial charge in [-0.1, -0.05) is 11.8 Å². The molecule has 1 aliphatic rings. The van der Waals surface area contributed by atoms with E-state index in [1.54, 1.807) is 13.8 Å². The summed E-state index contributed by atoms with van der Waals surface area (Å²) in [5, 5.41) is 3.24. The summed E-state index contributed by atoms with van der Waals surface area (Å²) in [5.41, 5.74) is 7.31. The van der Waals surface area contributed by atoms with Crippen LogP contribution in [0.15, 0.2) is 16.0 Å². The van der Waals surface area contributed by atoms with Gasteiger partial charge in [0.2, 0.25) is 5.91 Å². The Labute approximate surface area is 158 Å². The number of fused-ring (bicyclic) bond motifs is 1. The highest BCUT2D eigenvalue weighted by Gasteiger charge is 2.26. The third-order valence-electron chi connectivity index (χ3n) is 4.16. The minimum absolute atomic E-state index is 0.255. The lowest BCUT2D eigenvalue weighted by molar-refractivity contribution is -0.115. The van der Waals surface area contributed by atoms with Crippen LogP contribution < -0.4 is 16.6 Å². The second-order valence-electron chi connectivity index (χ2n) is 6.22. The first-order valence-corrected chi connectivity index (χ1v) is 10.0. The lowest BCUT2D eigenvalue weighted by atomic mass is 9.95. The summed E-state index contributed by atoms with van der Waals surface area (Å²) >= 11 is 2.59. The van der Waals surface area contributed by atoms with Crippen LogP contribution in [0.1, 0.15) is 46.3 Å². The van der Waals surface area contributed by atoms with E-state index < -0.39 is 11.2 Å². The van der Waals surface area contributed by atoms with Crippen molar-refractivity contribution in [2.24, 2.45) is 5.73 Å². The number of aromatic nitrogens is 2. The number of aryl methyl sites for hydroxylation is 2. The minimum Gasteiger partial charge on any atom is -0.365 e. The third kappa shape index (κ3) is 3.99. The maximum atomic E-state index is 12.6. The number of amides is 2. The average Bonchev–Trinajstić information content (AvgIpc) is 2.91. The molecule has 0 spiro atoms. The van der Waals surface area contributed by atoms with Crippen LogP contribution >= 0.6 is 23.1 Å². The van der Waals surface area contributed by atoms with Crippen molar-refractivity contribution in [3.63, 3.8) is 0 Å². The van der Waals surface area contributed by atoms with Crippen LogP contribution in [0.2, 0.25) is 0 Å². The predicted molar refractivity (Wildman–Crippen MR) is 103 cm³/mol. The Morgan fingerprint density at radius 2 is 2.12 bits per heavy atom. The van der Waals surface area contributed by atoms with Crippen molar-refractivity contribution in [2.45, 2.75) is 49.9 Å². The second kappa shape index (κ2) is 7.63. The number of primary amides is 1. The molecule has 3 rings (SSSR count). The molecule has 7 nitrogen and oxygen atoms in total. The highest BCUT2D eigenvalue weighted by Crippen LogP contribution is 2.38. The van der Waals surface area contributed by atoms with Crippen molar-refractivity contribution >= 4 is 39.9 Å². The molecule has 0 saturated heterocycles. The van der Waals surface area contributed by atoms with Gasteiger partial charge < -0.3 is 16.0 Å². The van der Waals surface area contributed by atoms with Gasteiger partial charge in [-0.2, -0.15) is 0 Å². The molecule has 1 unspecified atom stereocenters. The zero-order valence-electron chi connectivity index (χ0n) is 14.5. The number of carbonyl (C=O) groups excluding carboxylic acids is 2. The smallest absolute Gasteiger partial charge is 0.251 e. The molecule has 4 N–H and O–H groups in total. The van der Waals surface area contributed by atoms with Crippen molar-refractivity contribution in [3.8, 4) is 0 Å². The minimum atomic E-state index is -0.510. The van der Waals surface area contributed by atoms with Crippen molar-refractivity contribution in [3.05, 3.63) is 38.1 Å². The highest BCUT2D eigenvalue weighted by atomic mass is 32.2. The highest BCUT2D eigenvalue weighted by molar-refractivity contribution is 8.00. The zero-order valence-corrected chi connectivity index (χ0v) is 16.2. The van der Waals surface area contributed by atoms with Gasteiger partial charge in [-0.05, 0) is 45.1 Å². The maximum Gasteiger partial charge on any atom is 0.251 e. The summed E-state index contributed by atoms with van der Waals surface area (Å²) < 4.78 is 0. The lowest BCUT2D eigenvalue weighted by Gasteiger charge is -2.12. The summed E-state index contributed by atoms with van der Waals surface area (Å²) in [4.78, 5) is 44.0. The molecule has 0 aromatic carbocycles. The molecule has 1 aliphatic carbocycles. The molecule has 2 aromatic rings. The van der Waals surface area contributed by atoms with E-state index in [9.17, 15) is 14.4 Å². The number of rotatable bonds is 5. The molecule has 2 aromatic heterocycles. The van der Waals surface area contributed by atoms with Gasteiger partial charge in [0.25, 0.3) is 11.5 Å². The van der Waals surface area contributed by atoms with E-state index in [1.165, 1.54) is 17.4 Å². The van der Waals surface area contributed by atoms with Crippen LogP contribution in [0.5, 0.6) is 0 Å². The molecule has 26 heavy (non-hydrogen) atoms. The van der Waals surface area contributed by atoms with Crippen LogP contribution in [0, 0.1) is 6.92 Å². The monoisotopic (exact) mass is 392 g/mol. The molecule has 0 aliphatic heterocycles. The standard InChI is InChI=1S/C17H20N4O3S2/c1-8-7-12(22)20-17(19-8)25-9(2)15(24)21-16-13(14(18)23)10-5-3-4-6-11(10)26-16/h7,9H,3-6H2,1-2H3,(H2,18,23)(H,21,24)(H,19,20,22). The first-order valence-electron chi connectivity index (χ1n) is 8.35. The molecule has 9 heteroatoms. The van der Waals surface area contributed by atoms with Crippen molar-refractivity contribution in [2.75, 3.05) is 5.32 Å². The molecule has 0 radical (unpaired) electrons. The lowest BCUT2D eigenvalue weighted by Crippen LogP contribution is -2.25. The Balaban J connectivity index is 1.78. The molecule has 0 bridgehead atoms. The number of thioether (sulfide) groups is 1. The summed E-state index contributed by atoms with van der Waals surface area (Å²) in [7, 11) is 0. The molecular formula is C17H20N4O3S2. The van der Waals surface area contributed by atoms with E-state index in [4.69, 9.17) is 5.73 Å². The number of hydrogen-bond acceptors (Lipinski definition) is 6. The summed E-state index contributed by atoms with van der Waals surface area (Å²) in [6.45, 7) is 3.44. The van der Waals surface area contributed by atoms with Gasteiger partial charge in [-0.25, -0.2) is 4.98 Å². The van der Waals surface area contributed by atoms with Crippen molar-refractivity contribution in [1.29, 1.82) is 0 Å². The van der Waals surface area contributed by atoms with Crippen molar-refractivity contribution in [1.82, 2.24) is 9.97 Å². The summed E-state index contributed by atoms with van der Waals surface area (Å²) in [6, 6.07) is 1.39. The Bertz CT molecular complexity index is 919. The van der Waals surface area contributed by atoms with Crippen LogP contribution in [-0.2, 0) is 17.6 Å². The topological polar surface area (TPSA) is 118 Å². The van der Waals surface area contributed by atoms with Gasteiger partial charge in [0.05, 0.1) is 10.8 Å². The van der Waals surface area contributed by atoms with Crippen LogP contribution in [-0.4, -0.2) is 27.0 Å². The fourth-order valence-corrected chi connectivity index (χ4v) is 5.11. The molecule has 0 saturated carbocycles. The van der Waals surface area contributed by atoms with Gasteiger partial charge >= 0.3 is 0 Å². The molecule has 1 atom stereocenters. The van der Waals surface area contributed by atoms with E-state index >= 15 is 0 Å². The largest absolute Gasteiger partial charge is 0.365 e. The fraction of sp³-hybridized carbons (Fsp3) is 0.412. The number of carbonyl (C=O) groups is 2. The Morgan fingerprint density at radius 1 is 1.38 bits per heavy atom. The Morgan fingerprint density at radius 3 is 2.81 bits per heavy atom. The van der Waals surface area contributed by atoms with Crippen LogP contribution in [0.25, 0.3) is 0 Å². The first kappa shape index (κ1) is 18.7. The number of nitrogens with zero attached hydrogens (tertiary/aromatic N) is 1. The van der Waals surface area contributed by atoms with E-state index in [1.807, 2.05) is 0 Å². The van der Waals surface area contributed by atoms with Crippen LogP contribution in [0.4, 0.5) is 5.00 Å². The zero-order chi connectivity index (χ0) is 18.8. The molecule has 138 valence electrons. The molecular weight excluding hydrogens is 372 g/mol.